The Morgan fingerprint density at radius 3 is 2.38 bits per heavy atom. The highest BCUT2D eigenvalue weighted by molar-refractivity contribution is 6.05. The maximum absolute atomic E-state index is 13.7. The first-order valence-corrected chi connectivity index (χ1v) is 12.0. The second-order valence-corrected chi connectivity index (χ2v) is 8.84. The summed E-state index contributed by atoms with van der Waals surface area (Å²) in [6.45, 7) is 10.8. The van der Waals surface area contributed by atoms with Crippen LogP contribution in [0.3, 0.4) is 0 Å². The molecule has 34 heavy (non-hydrogen) atoms. The zero-order valence-corrected chi connectivity index (χ0v) is 20.7. The summed E-state index contributed by atoms with van der Waals surface area (Å²) in [5, 5.41) is 0. The van der Waals surface area contributed by atoms with E-state index in [0.29, 0.717) is 37.6 Å². The van der Waals surface area contributed by atoms with Crippen molar-refractivity contribution in [3.05, 3.63) is 47.3 Å². The number of rotatable bonds is 7. The van der Waals surface area contributed by atoms with Gasteiger partial charge in [0, 0.05) is 37.2 Å². The lowest BCUT2D eigenvalue weighted by Crippen LogP contribution is -2.56. The average molecular weight is 467 g/mol. The summed E-state index contributed by atoms with van der Waals surface area (Å²) in [6.07, 6.45) is 1.27. The van der Waals surface area contributed by atoms with Gasteiger partial charge in [-0.15, -0.1) is 0 Å². The Hall–Kier alpha value is -3.29. The number of aryl methyl sites for hydroxylation is 1. The monoisotopic (exact) mass is 466 g/mol. The van der Waals surface area contributed by atoms with Crippen molar-refractivity contribution in [2.75, 3.05) is 26.2 Å². The Morgan fingerprint density at radius 1 is 1.09 bits per heavy atom. The number of aromatic nitrogens is 2. The molecule has 1 atom stereocenters. The molecule has 8 nitrogen and oxygen atoms in total. The van der Waals surface area contributed by atoms with Crippen molar-refractivity contribution in [2.45, 2.75) is 53.5 Å². The topological polar surface area (TPSA) is 92.7 Å². The Morgan fingerprint density at radius 2 is 1.79 bits per heavy atom. The standard InChI is InChI=1S/C26H34N4O4/c1-6-11-20-21(26(33)34-7-2)22(28-23(27-20)19-12-9-8-10-13-19)25(32)29-14-15-30(18(5)16-29)24(31)17(3)4/h8-10,12-13,17-18H,6-7,11,14-16H2,1-5H3. The highest BCUT2D eigenvalue weighted by Crippen LogP contribution is 2.24. The molecular formula is C26H34N4O4. The minimum Gasteiger partial charge on any atom is -0.462 e. The van der Waals surface area contributed by atoms with Gasteiger partial charge in [0.1, 0.15) is 11.3 Å². The Labute approximate surface area is 201 Å². The fourth-order valence-corrected chi connectivity index (χ4v) is 4.16. The molecule has 1 aliphatic rings. The second-order valence-electron chi connectivity index (χ2n) is 8.84. The van der Waals surface area contributed by atoms with Gasteiger partial charge in [0.2, 0.25) is 5.91 Å². The van der Waals surface area contributed by atoms with E-state index < -0.39 is 5.97 Å². The quantitative estimate of drug-likeness (QED) is 0.579. The molecule has 0 spiro atoms. The van der Waals surface area contributed by atoms with Crippen LogP contribution < -0.4 is 0 Å². The number of hydrogen-bond acceptors (Lipinski definition) is 6. The first-order valence-electron chi connectivity index (χ1n) is 12.0. The molecule has 2 aromatic rings. The van der Waals surface area contributed by atoms with E-state index in [1.54, 1.807) is 11.8 Å². The van der Waals surface area contributed by atoms with Crippen molar-refractivity contribution < 1.29 is 19.1 Å². The molecule has 1 aromatic heterocycles. The summed E-state index contributed by atoms with van der Waals surface area (Å²) < 4.78 is 5.29. The predicted molar refractivity (Wildman–Crippen MR) is 129 cm³/mol. The number of ether oxygens (including phenoxy) is 1. The maximum atomic E-state index is 13.7. The summed E-state index contributed by atoms with van der Waals surface area (Å²) in [7, 11) is 0. The van der Waals surface area contributed by atoms with Crippen LogP contribution >= 0.6 is 0 Å². The van der Waals surface area contributed by atoms with Gasteiger partial charge >= 0.3 is 5.97 Å². The lowest BCUT2D eigenvalue weighted by molar-refractivity contribution is -0.138. The molecule has 0 aliphatic carbocycles. The van der Waals surface area contributed by atoms with Gasteiger partial charge in [-0.1, -0.05) is 57.5 Å². The molecule has 0 N–H and O–H groups in total. The number of carbonyl (C=O) groups excluding carboxylic acids is 3. The highest BCUT2D eigenvalue weighted by atomic mass is 16.5. The number of benzene rings is 1. The van der Waals surface area contributed by atoms with Gasteiger partial charge in [0.25, 0.3) is 5.91 Å². The van der Waals surface area contributed by atoms with Crippen molar-refractivity contribution in [2.24, 2.45) is 5.92 Å². The van der Waals surface area contributed by atoms with E-state index in [0.717, 1.165) is 12.0 Å². The van der Waals surface area contributed by atoms with Gasteiger partial charge in [-0.25, -0.2) is 14.8 Å². The van der Waals surface area contributed by atoms with Crippen molar-refractivity contribution in [1.29, 1.82) is 0 Å². The molecule has 3 rings (SSSR count). The van der Waals surface area contributed by atoms with E-state index in [2.05, 4.69) is 9.97 Å². The predicted octanol–water partition coefficient (Wildman–Crippen LogP) is 3.60. The van der Waals surface area contributed by atoms with Crippen LogP contribution in [0, 0.1) is 5.92 Å². The van der Waals surface area contributed by atoms with Crippen LogP contribution in [-0.2, 0) is 16.0 Å². The second kappa shape index (κ2) is 11.2. The largest absolute Gasteiger partial charge is 0.462 e. The fraction of sp³-hybridized carbons (Fsp3) is 0.500. The van der Waals surface area contributed by atoms with Crippen molar-refractivity contribution >= 4 is 17.8 Å². The van der Waals surface area contributed by atoms with Crippen molar-refractivity contribution in [1.82, 2.24) is 19.8 Å². The van der Waals surface area contributed by atoms with Crippen LogP contribution in [0.5, 0.6) is 0 Å². The van der Waals surface area contributed by atoms with E-state index in [1.807, 2.05) is 62.9 Å². The number of nitrogens with zero attached hydrogens (tertiary/aromatic N) is 4. The minimum absolute atomic E-state index is 0.0617. The molecule has 182 valence electrons. The summed E-state index contributed by atoms with van der Waals surface area (Å²) in [4.78, 5) is 52.0. The zero-order valence-electron chi connectivity index (χ0n) is 20.7. The first-order chi connectivity index (χ1) is 16.3. The Kier molecular flexibility index (Phi) is 8.36. The van der Waals surface area contributed by atoms with Gasteiger partial charge in [-0.05, 0) is 20.3 Å². The number of carbonyl (C=O) groups is 3. The van der Waals surface area contributed by atoms with E-state index >= 15 is 0 Å². The molecule has 2 amide bonds. The molecule has 1 aromatic carbocycles. The summed E-state index contributed by atoms with van der Waals surface area (Å²) in [5.41, 5.74) is 1.48. The van der Waals surface area contributed by atoms with Crippen LogP contribution in [-0.4, -0.2) is 69.8 Å². The number of hydrogen-bond donors (Lipinski definition) is 0. The third-order valence-electron chi connectivity index (χ3n) is 5.88. The van der Waals surface area contributed by atoms with E-state index in [9.17, 15) is 14.4 Å². The van der Waals surface area contributed by atoms with E-state index in [1.165, 1.54) is 0 Å². The molecule has 1 saturated heterocycles. The zero-order chi connectivity index (χ0) is 24.8. The van der Waals surface area contributed by atoms with Gasteiger partial charge in [-0.3, -0.25) is 9.59 Å². The summed E-state index contributed by atoms with van der Waals surface area (Å²) in [6, 6.07) is 9.28. The van der Waals surface area contributed by atoms with Gasteiger partial charge in [0.15, 0.2) is 5.82 Å². The van der Waals surface area contributed by atoms with E-state index in [-0.39, 0.29) is 41.6 Å². The molecule has 0 bridgehead atoms. The lowest BCUT2D eigenvalue weighted by atomic mass is 10.0. The molecule has 0 radical (unpaired) electrons. The molecule has 1 fully saturated rings. The maximum Gasteiger partial charge on any atom is 0.342 e. The summed E-state index contributed by atoms with van der Waals surface area (Å²) in [5.74, 6) is -0.557. The van der Waals surface area contributed by atoms with Crippen molar-refractivity contribution in [3.8, 4) is 11.4 Å². The molecule has 2 heterocycles. The smallest absolute Gasteiger partial charge is 0.342 e. The Bertz CT molecular complexity index is 1040. The third kappa shape index (κ3) is 5.43. The van der Waals surface area contributed by atoms with Crippen molar-refractivity contribution in [3.63, 3.8) is 0 Å². The summed E-state index contributed by atoms with van der Waals surface area (Å²) >= 11 is 0. The number of amides is 2. The van der Waals surface area contributed by atoms with Crippen LogP contribution in [0.1, 0.15) is 67.6 Å². The third-order valence-corrected chi connectivity index (χ3v) is 5.88. The van der Waals surface area contributed by atoms with Gasteiger partial charge < -0.3 is 14.5 Å². The van der Waals surface area contributed by atoms with E-state index in [4.69, 9.17) is 4.74 Å². The first kappa shape index (κ1) is 25.3. The van der Waals surface area contributed by atoms with Gasteiger partial charge in [-0.2, -0.15) is 0 Å². The Balaban J connectivity index is 2.04. The molecule has 0 saturated carbocycles. The molecule has 1 unspecified atom stereocenters. The average Bonchev–Trinajstić information content (AvgIpc) is 2.83. The molecule has 1 aliphatic heterocycles. The van der Waals surface area contributed by atoms with Crippen LogP contribution in [0.4, 0.5) is 0 Å². The van der Waals surface area contributed by atoms with Crippen LogP contribution in [0.25, 0.3) is 11.4 Å². The number of piperazine rings is 1. The molecular weight excluding hydrogens is 432 g/mol. The van der Waals surface area contributed by atoms with Crippen LogP contribution in [0.15, 0.2) is 30.3 Å². The fourth-order valence-electron chi connectivity index (χ4n) is 4.16. The van der Waals surface area contributed by atoms with Crippen LogP contribution in [0.2, 0.25) is 0 Å². The normalized spacial score (nSPS) is 16.0. The number of esters is 1. The van der Waals surface area contributed by atoms with Gasteiger partial charge in [0.05, 0.1) is 12.3 Å². The minimum atomic E-state index is -0.587. The SMILES string of the molecule is CCCc1nc(-c2ccccc2)nc(C(=O)N2CCN(C(=O)C(C)C)C(C)C2)c1C(=O)OCC. The molecule has 8 heteroatoms. The lowest BCUT2D eigenvalue weighted by Gasteiger charge is -2.40. The highest BCUT2D eigenvalue weighted by Gasteiger charge is 2.34.